The maximum atomic E-state index is 13.4. The van der Waals surface area contributed by atoms with Gasteiger partial charge in [-0.15, -0.1) is 6.42 Å². The molecular weight excluding hydrogens is 2040 g/mol. The smallest absolute Gasteiger partial charge is 0.295 e. The van der Waals surface area contributed by atoms with Gasteiger partial charge in [0.05, 0.1) is 148 Å². The van der Waals surface area contributed by atoms with Crippen molar-refractivity contribution in [2.75, 3.05) is 86.0 Å². The highest BCUT2D eigenvalue weighted by molar-refractivity contribution is 7.92. The third-order valence-corrected chi connectivity index (χ3v) is 29.4. The number of carbonyl (C=O) groups excluding carboxylic acids is 3. The zero-order valence-electron chi connectivity index (χ0n) is 79.0. The zero-order chi connectivity index (χ0) is 102. The number of sulfonamides is 1. The highest BCUT2D eigenvalue weighted by Crippen LogP contribution is 2.52. The number of methoxy groups -OCH3 is 8. The first-order valence-corrected chi connectivity index (χ1v) is 49.9. The Kier molecular flexibility index (Phi) is 35.6. The Morgan fingerprint density at radius 1 is 0.483 bits per heavy atom. The highest BCUT2D eigenvalue weighted by atomic mass is 35.5. The summed E-state index contributed by atoms with van der Waals surface area (Å²) in [4.78, 5) is 81.3. The number of hydrogen-bond donors (Lipinski definition) is 7. The van der Waals surface area contributed by atoms with Crippen LogP contribution in [-0.2, 0) is 49.0 Å². The van der Waals surface area contributed by atoms with Crippen molar-refractivity contribution in [3.05, 3.63) is 244 Å². The molecule has 143 heavy (non-hydrogen) atoms. The van der Waals surface area contributed by atoms with Crippen LogP contribution in [0.4, 0.5) is 17.7 Å². The van der Waals surface area contributed by atoms with Crippen molar-refractivity contribution in [2.24, 2.45) is 7.05 Å². The van der Waals surface area contributed by atoms with Crippen molar-refractivity contribution in [2.45, 2.75) is 119 Å². The number of nitrogens with zero attached hydrogens (tertiary/aromatic N) is 8. The average molecular weight is 2140 g/mol. The van der Waals surface area contributed by atoms with Crippen molar-refractivity contribution >= 4 is 193 Å². The van der Waals surface area contributed by atoms with E-state index in [4.69, 9.17) is 158 Å². The predicted molar refractivity (Wildman–Crippen MR) is 567 cm³/mol. The molecule has 0 unspecified atom stereocenters. The maximum absolute atomic E-state index is 13.4. The number of hydrogen-bond acceptors (Lipinski definition) is 25. The fraction of sp³-hybridized carbons (Fsp3) is 0.291. The van der Waals surface area contributed by atoms with Gasteiger partial charge >= 0.3 is 0 Å². The van der Waals surface area contributed by atoms with Crippen LogP contribution in [0.2, 0.25) is 45.2 Å². The highest BCUT2D eigenvalue weighted by Gasteiger charge is 2.37. The number of aromatic nitrogens is 8. The van der Waals surface area contributed by atoms with Crippen LogP contribution in [-0.4, -0.2) is 178 Å². The second kappa shape index (κ2) is 47.9. The van der Waals surface area contributed by atoms with Gasteiger partial charge in [0, 0.05) is 161 Å². The molecule has 3 fully saturated rings. The van der Waals surface area contributed by atoms with Gasteiger partial charge in [-0.25, -0.2) is 48.0 Å². The molecule has 0 bridgehead atoms. The van der Waals surface area contributed by atoms with E-state index in [2.05, 4.69) is 104 Å². The van der Waals surface area contributed by atoms with Crippen LogP contribution in [0.15, 0.2) is 176 Å². The molecule has 13 aromatic rings. The van der Waals surface area contributed by atoms with Crippen LogP contribution in [0.5, 0.6) is 46.0 Å². The lowest BCUT2D eigenvalue weighted by molar-refractivity contribution is -0.118. The number of pyridine rings is 2. The molecule has 7 N–H and O–H groups in total. The standard InChI is InChI=1S/C29H23Cl2N3O3.C25H25Cl3N4O3.C25H26Cl2N4O5.C24H26Cl2N4O4S/c1-4-26(35)34-22-12-16-7-5-6-8-19(16)20(22)13-25-32-15-18-11-17(9-10-21(18)33-25)27-28(30)23(36-2)14-24(37-3)29(27)31;1-4-20(33)30-16-7-5-6-8-17(16)31-25-29-12-14-9-13(10-15(26)24(14)32-25)21-22(27)18(34-2)11-19(35-3)23(21)28;1-5-21(32)30-15-6-7-36-12-16(15)29-20-9-17-13(11-28-20)8-14(25(33)31(17)2)22-23(26)18(34-3)10-19(35-4)24(22)27;1-4-35(31,32)30-18-8-6-5-7-17(18)29-24-27-13-15-11-14(9-10-16(15)28-24)21-22(25)19(33-2)12-20(34-3)23(21)26/h1,5-11,14-15,20,22H,12-13H2,2-3H3,(H,34,35);4,9-12,16-17H,1,5-8H2,2-3H3,(H,30,33)(H,29,31,32);5,8-11,15-16H,1,6-7,12H2,2-4H3,(H,28,29)(H,30,32);4,9-13,17-18,30H,1,5-8H2,2-3H3,(H,27,28,29)/t20-,22+;16-,17+;15-,16+;17-,18+/m1001/s1. The van der Waals surface area contributed by atoms with Crippen LogP contribution in [0.1, 0.15) is 80.7 Å². The summed E-state index contributed by atoms with van der Waals surface area (Å²) < 4.78 is 76.8. The van der Waals surface area contributed by atoms with E-state index in [0.717, 1.165) is 90.6 Å². The Hall–Kier alpha value is -12.4. The molecule has 1 saturated heterocycles. The lowest BCUT2D eigenvalue weighted by Crippen LogP contribution is -2.52. The van der Waals surface area contributed by atoms with E-state index in [1.165, 1.54) is 70.5 Å². The summed E-state index contributed by atoms with van der Waals surface area (Å²) >= 11 is 59.3. The largest absolute Gasteiger partial charge is 0.495 e. The van der Waals surface area contributed by atoms with E-state index in [9.17, 15) is 27.6 Å². The molecule has 1 aliphatic heterocycles. The summed E-state index contributed by atoms with van der Waals surface area (Å²) in [5.41, 5.74) is 9.37. The zero-order valence-corrected chi connectivity index (χ0v) is 86.6. The minimum atomic E-state index is -3.53. The molecule has 6 heterocycles. The van der Waals surface area contributed by atoms with Gasteiger partial charge in [0.1, 0.15) is 57.6 Å². The molecule has 17 rings (SSSR count). The molecule has 4 aliphatic rings. The van der Waals surface area contributed by atoms with Gasteiger partial charge in [-0.1, -0.05) is 186 Å². The van der Waals surface area contributed by atoms with E-state index in [0.29, 0.717) is 186 Å². The summed E-state index contributed by atoms with van der Waals surface area (Å²) in [6.45, 7) is 11.4. The number of fused-ring (bicyclic) bond motifs is 5. The van der Waals surface area contributed by atoms with E-state index in [1.54, 1.807) is 88.5 Å². The summed E-state index contributed by atoms with van der Waals surface area (Å²) in [7, 11) is 10.3. The van der Waals surface area contributed by atoms with E-state index in [1.807, 2.05) is 54.6 Å². The lowest BCUT2D eigenvalue weighted by atomic mass is 9.90. The second-order valence-electron chi connectivity index (χ2n) is 33.5. The Bertz CT molecular complexity index is 7200. The van der Waals surface area contributed by atoms with E-state index >= 15 is 0 Å². The van der Waals surface area contributed by atoms with Gasteiger partial charge in [0.15, 0.2) is 0 Å². The second-order valence-corrected chi connectivity index (χ2v) is 38.6. The number of terminal acetylenes is 1. The number of amides is 3. The molecule has 0 radical (unpaired) electrons. The molecule has 8 aromatic carbocycles. The Morgan fingerprint density at radius 2 is 0.930 bits per heavy atom. The molecule has 3 aliphatic carbocycles. The van der Waals surface area contributed by atoms with Crippen LogP contribution in [0.3, 0.4) is 0 Å². The number of anilines is 3. The van der Waals surface area contributed by atoms with Crippen molar-refractivity contribution < 1.29 is 65.4 Å². The number of benzene rings is 8. The van der Waals surface area contributed by atoms with Gasteiger partial charge in [0.25, 0.3) is 11.5 Å². The van der Waals surface area contributed by atoms with Gasteiger partial charge < -0.3 is 79.1 Å². The number of nitrogens with one attached hydrogen (secondary N) is 7. The number of rotatable bonds is 28. The molecule has 5 aromatic heterocycles. The minimum absolute atomic E-state index is 0.00464. The molecule has 30 nitrogen and oxygen atoms in total. The van der Waals surface area contributed by atoms with Gasteiger partial charge in [-0.3, -0.25) is 19.2 Å². The SMILES string of the molecule is C#CC(=O)N[C@H]1Cc2ccccc2[C@H]1Cc1ncc2cc(-c3c(Cl)c(OC)cc(OC)c3Cl)ccc2n1.C=CC(=O)N[C@H]1CCCC[C@H]1Nc1ncc2cc(-c3c(Cl)c(OC)cc(OC)c3Cl)cc(Cl)c2n1.C=CC(=O)N[C@H]1CCOC[C@H]1Nc1cc2c(cn1)cc(-c1c(Cl)c(OC)cc(OC)c1Cl)c(=O)n2C.C=CS(=O)(=O)N[C@H]1CCCC[C@H]1Nc1ncc2cc(-c3c(Cl)c(OC)cc(OC)c3Cl)ccc2n1. The molecule has 2 saturated carbocycles. The average Bonchev–Trinajstić information content (AvgIpc) is 1.12. The van der Waals surface area contributed by atoms with Crippen molar-refractivity contribution in [3.63, 3.8) is 0 Å². The summed E-state index contributed by atoms with van der Waals surface area (Å²) in [6.07, 6.45) is 24.0. The first kappa shape index (κ1) is 106. The van der Waals surface area contributed by atoms with Crippen molar-refractivity contribution in [1.82, 2.24) is 60.1 Å². The fourth-order valence-corrected chi connectivity index (χ4v) is 21.7. The molecule has 3 amide bonds. The number of aryl methyl sites for hydroxylation is 1. The molecule has 0 spiro atoms. The lowest BCUT2D eigenvalue weighted by Gasteiger charge is -2.32. The maximum Gasteiger partial charge on any atom is 0.295 e. The van der Waals surface area contributed by atoms with Crippen LogP contribution < -0.4 is 80.1 Å². The monoisotopic (exact) mass is 2130 g/mol. The summed E-state index contributed by atoms with van der Waals surface area (Å²) in [6, 6.07) is 32.2. The molecular formula is C103H100Cl9N15O15S. The van der Waals surface area contributed by atoms with Gasteiger partial charge in [0.2, 0.25) is 33.7 Å². The third kappa shape index (κ3) is 24.2. The van der Waals surface area contributed by atoms with Crippen LogP contribution >= 0.6 is 104 Å². The van der Waals surface area contributed by atoms with E-state index < -0.39 is 15.9 Å². The normalized spacial score (nSPS) is 17.4. The third-order valence-electron chi connectivity index (χ3n) is 25.0. The first-order chi connectivity index (χ1) is 68.8. The topological polar surface area (TPSA) is 365 Å². The number of halogens is 9. The van der Waals surface area contributed by atoms with Gasteiger partial charge in [-0.2, -0.15) is 0 Å². The van der Waals surface area contributed by atoms with Crippen molar-refractivity contribution in [1.29, 1.82) is 0 Å². The Morgan fingerprint density at radius 3 is 1.44 bits per heavy atom. The van der Waals surface area contributed by atoms with Crippen LogP contribution in [0.25, 0.3) is 88.1 Å². The summed E-state index contributed by atoms with van der Waals surface area (Å²) in [5.74, 6) is 6.78. The molecule has 40 heteroatoms. The quantitative estimate of drug-likeness (QED) is 0.0177. The predicted octanol–water partition coefficient (Wildman–Crippen LogP) is 21.1. The fourth-order valence-electron chi connectivity index (χ4n) is 17.8. The van der Waals surface area contributed by atoms with E-state index in [-0.39, 0.29) is 81.2 Å². The molecule has 746 valence electrons. The Balaban J connectivity index is 0.000000151. The Labute approximate surface area is 870 Å². The van der Waals surface area contributed by atoms with Crippen LogP contribution in [0, 0.1) is 12.3 Å². The minimum Gasteiger partial charge on any atom is -0.495 e. The number of ether oxygens (including phenoxy) is 9. The van der Waals surface area contributed by atoms with Gasteiger partial charge in [-0.05, 0) is 127 Å². The van der Waals surface area contributed by atoms with Crippen molar-refractivity contribution in [3.8, 4) is 103 Å². The summed E-state index contributed by atoms with van der Waals surface area (Å²) in [5, 5.41) is 25.9. The molecule has 8 atom stereocenters. The first-order valence-electron chi connectivity index (χ1n) is 45.0. The number of carbonyl (C=O) groups is 3.